The highest BCUT2D eigenvalue weighted by molar-refractivity contribution is 6.93. The van der Waals surface area contributed by atoms with Gasteiger partial charge in [-0.15, -0.1) is 0 Å². The van der Waals surface area contributed by atoms with E-state index in [1.165, 1.54) is 99.7 Å². The molecule has 8 aromatic carbocycles. The Labute approximate surface area is 372 Å². The van der Waals surface area contributed by atoms with E-state index in [0.717, 1.165) is 38.5 Å². The van der Waals surface area contributed by atoms with Crippen molar-refractivity contribution in [2.45, 2.75) is 71.6 Å². The summed E-state index contributed by atoms with van der Waals surface area (Å²) in [6.45, 7) is 18.4. The smallest absolute Gasteiger partial charge is 0.333 e. The van der Waals surface area contributed by atoms with Crippen LogP contribution in [0.15, 0.2) is 148 Å². The van der Waals surface area contributed by atoms with Gasteiger partial charge in [0.2, 0.25) is 0 Å². The summed E-state index contributed by atoms with van der Waals surface area (Å²) in [6.07, 6.45) is 0. The molecule has 64 heavy (non-hydrogen) atoms. The Balaban J connectivity index is 1.16. The van der Waals surface area contributed by atoms with E-state index in [4.69, 9.17) is 8.83 Å². The molecule has 4 nitrogen and oxygen atoms in total. The lowest BCUT2D eigenvalue weighted by atomic mass is 9.43. The van der Waals surface area contributed by atoms with E-state index >= 15 is 0 Å². The summed E-state index contributed by atoms with van der Waals surface area (Å²) in [7, 11) is 0. The number of benzene rings is 8. The minimum absolute atomic E-state index is 0.00544. The third-order valence-electron chi connectivity index (χ3n) is 15.3. The van der Waals surface area contributed by atoms with Crippen LogP contribution in [0.3, 0.4) is 0 Å². The van der Waals surface area contributed by atoms with Crippen LogP contribution in [0.25, 0.3) is 93.6 Å². The van der Waals surface area contributed by atoms with Crippen LogP contribution in [-0.4, -0.2) is 11.4 Å². The van der Waals surface area contributed by atoms with E-state index < -0.39 is 0 Å². The number of fused-ring (bicyclic) bond motifs is 18. The Morgan fingerprint density at radius 1 is 0.484 bits per heavy atom. The van der Waals surface area contributed by atoms with Crippen molar-refractivity contribution in [3.63, 3.8) is 0 Å². The van der Waals surface area contributed by atoms with Gasteiger partial charge >= 0.3 is 6.85 Å². The number of anilines is 2. The molecule has 5 heteroatoms. The second-order valence-corrected chi connectivity index (χ2v) is 21.3. The summed E-state index contributed by atoms with van der Waals surface area (Å²) in [5.74, 6) is 0. The molecule has 2 aliphatic heterocycles. The van der Waals surface area contributed by atoms with Crippen molar-refractivity contribution in [3.8, 4) is 27.9 Å². The maximum Gasteiger partial charge on any atom is 0.333 e. The molecule has 0 unspecified atom stereocenters. The molecule has 308 valence electrons. The standard InChI is InChI=1S/C59H47BN2O2/c1-57(2,3)32-17-20-34(21-18-32)62-47-29-42-36-22-19-33(58(4,5)6)27-51(36)64-52(42)30-41(47)37-23-24-39-53-46(25-26-50-54(53)38-14-10-12-16-49(38)63-50)61-48-28-40-35-13-9-11-15-43(35)59(7,8)44(40)31-45(48)60(62)55(37)56(39)61/h9-31H,1-8H3. The quantitative estimate of drug-likeness (QED) is 0.155. The van der Waals surface area contributed by atoms with Gasteiger partial charge in [-0.05, 0) is 115 Å². The van der Waals surface area contributed by atoms with Crippen LogP contribution >= 0.6 is 0 Å². The van der Waals surface area contributed by atoms with Crippen molar-refractivity contribution in [2.24, 2.45) is 0 Å². The normalized spacial score (nSPS) is 14.9. The van der Waals surface area contributed by atoms with E-state index in [9.17, 15) is 0 Å². The zero-order valence-corrected chi connectivity index (χ0v) is 37.6. The molecule has 5 heterocycles. The largest absolute Gasteiger partial charge is 0.456 e. The molecule has 3 aliphatic rings. The first-order chi connectivity index (χ1) is 30.8. The minimum atomic E-state index is -0.170. The molecule has 0 amide bonds. The van der Waals surface area contributed by atoms with Gasteiger partial charge in [-0.1, -0.05) is 140 Å². The Kier molecular flexibility index (Phi) is 6.72. The highest BCUT2D eigenvalue weighted by Gasteiger charge is 2.47. The van der Waals surface area contributed by atoms with Crippen LogP contribution in [0.2, 0.25) is 0 Å². The number of furan rings is 2. The predicted molar refractivity (Wildman–Crippen MR) is 269 cm³/mol. The molecule has 1 aliphatic carbocycles. The first-order valence-electron chi connectivity index (χ1n) is 22.9. The average molecular weight is 827 g/mol. The summed E-state index contributed by atoms with van der Waals surface area (Å²) in [6, 6.07) is 52.9. The van der Waals surface area contributed by atoms with Gasteiger partial charge in [-0.3, -0.25) is 0 Å². The monoisotopic (exact) mass is 826 g/mol. The Hall–Kier alpha value is -6.98. The van der Waals surface area contributed by atoms with Crippen molar-refractivity contribution in [1.82, 2.24) is 4.57 Å². The molecule has 0 N–H and O–H groups in total. The van der Waals surface area contributed by atoms with Crippen LogP contribution in [0.1, 0.15) is 77.6 Å². The highest BCUT2D eigenvalue weighted by atomic mass is 16.3. The predicted octanol–water partition coefficient (Wildman–Crippen LogP) is 14.7. The summed E-state index contributed by atoms with van der Waals surface area (Å²) in [5, 5.41) is 7.09. The molecule has 0 saturated carbocycles. The molecular formula is C59H47BN2O2. The van der Waals surface area contributed by atoms with Crippen LogP contribution in [0, 0.1) is 0 Å². The number of para-hydroxylation sites is 1. The fourth-order valence-corrected chi connectivity index (χ4v) is 12.0. The zero-order chi connectivity index (χ0) is 43.3. The molecule has 11 aromatic rings. The summed E-state index contributed by atoms with van der Waals surface area (Å²) in [5.41, 5.74) is 22.7. The Morgan fingerprint density at radius 2 is 1.20 bits per heavy atom. The maximum atomic E-state index is 6.87. The lowest BCUT2D eigenvalue weighted by Gasteiger charge is -2.42. The van der Waals surface area contributed by atoms with Gasteiger partial charge in [0.15, 0.2) is 0 Å². The third-order valence-corrected chi connectivity index (χ3v) is 15.3. The minimum Gasteiger partial charge on any atom is -0.456 e. The summed E-state index contributed by atoms with van der Waals surface area (Å²) < 4.78 is 16.1. The van der Waals surface area contributed by atoms with E-state index in [1.54, 1.807) is 0 Å². The topological polar surface area (TPSA) is 34.5 Å². The molecule has 0 radical (unpaired) electrons. The van der Waals surface area contributed by atoms with Crippen molar-refractivity contribution >= 4 is 94.8 Å². The van der Waals surface area contributed by atoms with Crippen LogP contribution < -0.4 is 15.7 Å². The summed E-state index contributed by atoms with van der Waals surface area (Å²) >= 11 is 0. The second kappa shape index (κ2) is 11.8. The van der Waals surface area contributed by atoms with Crippen LogP contribution in [0.5, 0.6) is 0 Å². The number of aromatic nitrogens is 1. The zero-order valence-electron chi connectivity index (χ0n) is 37.6. The number of hydrogen-bond acceptors (Lipinski definition) is 3. The van der Waals surface area contributed by atoms with Crippen molar-refractivity contribution < 1.29 is 8.83 Å². The first kappa shape index (κ1) is 36.5. The molecular weight excluding hydrogens is 779 g/mol. The van der Waals surface area contributed by atoms with Crippen LogP contribution in [-0.2, 0) is 16.2 Å². The number of rotatable bonds is 1. The molecule has 14 rings (SSSR count). The van der Waals surface area contributed by atoms with Gasteiger partial charge in [-0.2, -0.15) is 0 Å². The number of nitrogens with zero attached hydrogens (tertiary/aromatic N) is 2. The fraction of sp³-hybridized carbons (Fsp3) is 0.186. The molecule has 0 atom stereocenters. The maximum absolute atomic E-state index is 6.87. The van der Waals surface area contributed by atoms with E-state index in [0.29, 0.717) is 0 Å². The molecule has 0 bridgehead atoms. The van der Waals surface area contributed by atoms with Crippen molar-refractivity contribution in [1.29, 1.82) is 0 Å². The van der Waals surface area contributed by atoms with Crippen LogP contribution in [0.4, 0.5) is 11.4 Å². The van der Waals surface area contributed by atoms with Crippen molar-refractivity contribution in [3.05, 3.63) is 162 Å². The summed E-state index contributed by atoms with van der Waals surface area (Å²) in [4.78, 5) is 2.66. The molecule has 3 aromatic heterocycles. The van der Waals surface area contributed by atoms with E-state index in [1.807, 2.05) is 0 Å². The van der Waals surface area contributed by atoms with E-state index in [-0.39, 0.29) is 23.1 Å². The molecule has 0 fully saturated rings. The van der Waals surface area contributed by atoms with E-state index in [2.05, 4.69) is 204 Å². The third kappa shape index (κ3) is 4.54. The second-order valence-electron chi connectivity index (χ2n) is 21.3. The Bertz CT molecular complexity index is 3900. The Morgan fingerprint density at radius 3 is 2.02 bits per heavy atom. The first-order valence-corrected chi connectivity index (χ1v) is 22.9. The molecule has 0 saturated heterocycles. The van der Waals surface area contributed by atoms with Gasteiger partial charge in [0.25, 0.3) is 0 Å². The lowest BCUT2D eigenvalue weighted by Crippen LogP contribution is -2.60. The highest BCUT2D eigenvalue weighted by Crippen LogP contribution is 2.53. The van der Waals surface area contributed by atoms with Crippen molar-refractivity contribution in [2.75, 3.05) is 4.81 Å². The van der Waals surface area contributed by atoms with Gasteiger partial charge in [-0.25, -0.2) is 0 Å². The van der Waals surface area contributed by atoms with Gasteiger partial charge in [0.1, 0.15) is 22.3 Å². The van der Waals surface area contributed by atoms with Gasteiger partial charge < -0.3 is 18.2 Å². The molecule has 0 spiro atoms. The lowest BCUT2D eigenvalue weighted by molar-refractivity contribution is 0.587. The average Bonchev–Trinajstić information content (AvgIpc) is 4.00. The van der Waals surface area contributed by atoms with Gasteiger partial charge in [0, 0.05) is 60.4 Å². The number of hydrogen-bond donors (Lipinski definition) is 0. The van der Waals surface area contributed by atoms with Gasteiger partial charge in [0.05, 0.1) is 11.0 Å². The fourth-order valence-electron chi connectivity index (χ4n) is 12.0. The SMILES string of the molecule is CC(C)(C)c1ccc(N2B3c4cc5c(cc4-n4c6ccc7oc8ccccc8c7c6c6ccc(c3c64)-c3cc4oc6cc(C(C)(C)C)ccc6c4cc32)-c2ccccc2C5(C)C)cc1.